The first-order chi connectivity index (χ1) is 10.9. The van der Waals surface area contributed by atoms with Crippen molar-refractivity contribution in [2.45, 2.75) is 19.1 Å². The van der Waals surface area contributed by atoms with Crippen LogP contribution in [-0.4, -0.2) is 47.5 Å². The third-order valence-electron chi connectivity index (χ3n) is 3.45. The summed E-state index contributed by atoms with van der Waals surface area (Å²) in [5, 5.41) is 9.46. The van der Waals surface area contributed by atoms with Gasteiger partial charge in [0.2, 0.25) is 0 Å². The monoisotopic (exact) mass is 350 g/mol. The average Bonchev–Trinajstić information content (AvgIpc) is 2.43. The predicted molar refractivity (Wildman–Crippen MR) is 80.0 cm³/mol. The molecule has 23 heavy (non-hydrogen) atoms. The van der Waals surface area contributed by atoms with Crippen molar-refractivity contribution in [3.8, 4) is 0 Å². The van der Waals surface area contributed by atoms with Gasteiger partial charge >= 0.3 is 6.18 Å². The quantitative estimate of drug-likeness (QED) is 0.768. The fourth-order valence-corrected chi connectivity index (χ4v) is 2.49. The first-order valence-corrected chi connectivity index (χ1v) is 7.55. The lowest BCUT2D eigenvalue weighted by Crippen LogP contribution is -2.47. The molecule has 0 spiro atoms. The van der Waals surface area contributed by atoms with E-state index < -0.39 is 12.8 Å². The van der Waals surface area contributed by atoms with E-state index in [4.69, 9.17) is 16.7 Å². The van der Waals surface area contributed by atoms with Gasteiger partial charge in [-0.25, -0.2) is 0 Å². The van der Waals surface area contributed by atoms with E-state index in [1.54, 1.807) is 6.20 Å². The molecule has 1 aromatic rings. The fourth-order valence-electron chi connectivity index (χ4n) is 2.31. The number of ether oxygens (including phenoxy) is 1. The molecule has 0 aromatic carbocycles. The molecule has 2 heterocycles. The van der Waals surface area contributed by atoms with E-state index in [0.29, 0.717) is 23.9 Å². The van der Waals surface area contributed by atoms with Crippen LogP contribution in [0, 0.1) is 5.92 Å². The Kier molecular flexibility index (Phi) is 6.26. The van der Waals surface area contributed by atoms with Gasteiger partial charge in [0.15, 0.2) is 6.61 Å². The molecule has 8 heteroatoms. The molecule has 1 fully saturated rings. The van der Waals surface area contributed by atoms with Gasteiger partial charge in [0, 0.05) is 38.4 Å². The number of aromatic nitrogens is 1. The van der Waals surface area contributed by atoms with Crippen LogP contribution < -0.4 is 0 Å². The van der Waals surface area contributed by atoms with Crippen LogP contribution in [-0.2, 0) is 17.7 Å². The highest BCUT2D eigenvalue weighted by Crippen LogP contribution is 2.21. The van der Waals surface area contributed by atoms with Crippen molar-refractivity contribution < 1.29 is 23.0 Å². The molecule has 0 saturated carbocycles. The van der Waals surface area contributed by atoms with Crippen molar-refractivity contribution in [2.75, 3.05) is 26.3 Å². The third-order valence-corrected chi connectivity index (χ3v) is 3.79. The molecule has 1 N–H and O–H groups in total. The predicted octanol–water partition coefficient (Wildman–Crippen LogP) is 2.79. The van der Waals surface area contributed by atoms with Crippen molar-refractivity contribution in [1.82, 2.24) is 9.88 Å². The maximum Gasteiger partial charge on any atom is 0.422 e. The lowest BCUT2D eigenvalue weighted by atomic mass is 10.0. The molecular weight excluding hydrogens is 333 g/mol. The van der Waals surface area contributed by atoms with Crippen molar-refractivity contribution >= 4 is 11.6 Å². The number of aliphatic hydroxyl groups excluding tert-OH is 1. The van der Waals surface area contributed by atoms with E-state index in [1.807, 2.05) is 6.07 Å². The van der Waals surface area contributed by atoms with E-state index in [-0.39, 0.29) is 6.61 Å². The number of alkyl halides is 3. The Hall–Kier alpha value is -1.31. The van der Waals surface area contributed by atoms with Crippen LogP contribution in [0.5, 0.6) is 0 Å². The highest BCUT2D eigenvalue weighted by atomic mass is 35.5. The van der Waals surface area contributed by atoms with Crippen LogP contribution in [0.4, 0.5) is 13.2 Å². The number of rotatable bonds is 7. The van der Waals surface area contributed by atoms with Gasteiger partial charge in [0.1, 0.15) is 0 Å². The summed E-state index contributed by atoms with van der Waals surface area (Å²) in [6, 6.07) is 1.84. The summed E-state index contributed by atoms with van der Waals surface area (Å²) in [6.45, 7) is 1.22. The largest absolute Gasteiger partial charge is 0.492 e. The van der Waals surface area contributed by atoms with E-state index >= 15 is 0 Å². The minimum absolute atomic E-state index is 0.193. The Morgan fingerprint density at radius 2 is 2.17 bits per heavy atom. The third kappa shape index (κ3) is 6.01. The average molecular weight is 351 g/mol. The summed E-state index contributed by atoms with van der Waals surface area (Å²) in [6.07, 6.45) is 0.0915. The number of hydrogen-bond donors (Lipinski definition) is 1. The lowest BCUT2D eigenvalue weighted by Gasteiger charge is -2.37. The van der Waals surface area contributed by atoms with Crippen LogP contribution in [0.3, 0.4) is 0 Å². The van der Waals surface area contributed by atoms with Gasteiger partial charge in [-0.1, -0.05) is 11.6 Å². The van der Waals surface area contributed by atoms with Gasteiger partial charge in [-0.15, -0.1) is 0 Å². The Morgan fingerprint density at radius 1 is 1.43 bits per heavy atom. The van der Waals surface area contributed by atoms with Crippen molar-refractivity contribution in [2.24, 2.45) is 5.92 Å². The maximum absolute atomic E-state index is 11.9. The van der Waals surface area contributed by atoms with Gasteiger partial charge in [0.25, 0.3) is 0 Å². The van der Waals surface area contributed by atoms with Gasteiger partial charge in [-0.3, -0.25) is 9.88 Å². The van der Waals surface area contributed by atoms with Crippen LogP contribution in [0.2, 0.25) is 5.02 Å². The number of likely N-dealkylation sites (tertiary alicyclic amines) is 1. The second-order valence-corrected chi connectivity index (χ2v) is 5.92. The number of pyridine rings is 1. The second kappa shape index (κ2) is 7.99. The summed E-state index contributed by atoms with van der Waals surface area (Å²) >= 11 is 6.05. The fraction of sp³-hybridized carbons (Fsp3) is 0.533. The molecule has 128 valence electrons. The van der Waals surface area contributed by atoms with E-state index in [9.17, 15) is 13.2 Å². The summed E-state index contributed by atoms with van der Waals surface area (Å²) in [4.78, 5) is 6.40. The molecule has 0 unspecified atom stereocenters. The van der Waals surface area contributed by atoms with Gasteiger partial charge in [0.05, 0.1) is 17.0 Å². The van der Waals surface area contributed by atoms with E-state index in [0.717, 1.165) is 30.6 Å². The number of nitrogens with zero attached hydrogens (tertiary/aromatic N) is 2. The zero-order valence-electron chi connectivity index (χ0n) is 12.4. The highest BCUT2D eigenvalue weighted by Gasteiger charge is 2.27. The molecule has 0 bridgehead atoms. The molecule has 1 aliphatic heterocycles. The Bertz CT molecular complexity index is 546. The highest BCUT2D eigenvalue weighted by molar-refractivity contribution is 6.31. The Morgan fingerprint density at radius 3 is 2.83 bits per heavy atom. The first kappa shape index (κ1) is 18.0. The summed E-state index contributed by atoms with van der Waals surface area (Å²) < 4.78 is 40.2. The van der Waals surface area contributed by atoms with E-state index in [1.165, 1.54) is 6.08 Å². The van der Waals surface area contributed by atoms with Gasteiger partial charge in [-0.05, 0) is 24.1 Å². The molecule has 0 amide bonds. The molecule has 1 aliphatic rings. The summed E-state index contributed by atoms with van der Waals surface area (Å²) in [7, 11) is 0. The molecule has 0 aliphatic carbocycles. The van der Waals surface area contributed by atoms with Gasteiger partial charge < -0.3 is 9.84 Å². The van der Waals surface area contributed by atoms with Gasteiger partial charge in [-0.2, -0.15) is 13.2 Å². The Labute approximate surface area is 137 Å². The van der Waals surface area contributed by atoms with Crippen LogP contribution in [0.25, 0.3) is 0 Å². The molecule has 2 rings (SSSR count). The smallest absolute Gasteiger partial charge is 0.422 e. The molecule has 1 saturated heterocycles. The molecule has 4 nitrogen and oxygen atoms in total. The summed E-state index contributed by atoms with van der Waals surface area (Å²) in [5.41, 5.74) is 1.62. The minimum Gasteiger partial charge on any atom is -0.492 e. The molecule has 0 radical (unpaired) electrons. The van der Waals surface area contributed by atoms with Crippen LogP contribution >= 0.6 is 11.6 Å². The van der Waals surface area contributed by atoms with Crippen molar-refractivity contribution in [1.29, 1.82) is 0 Å². The zero-order chi connectivity index (χ0) is 16.9. The van der Waals surface area contributed by atoms with E-state index in [2.05, 4.69) is 14.6 Å². The summed E-state index contributed by atoms with van der Waals surface area (Å²) in [5.74, 6) is 0.329. The number of halogens is 4. The van der Waals surface area contributed by atoms with Crippen LogP contribution in [0.15, 0.2) is 24.6 Å². The number of hydrogen-bond acceptors (Lipinski definition) is 4. The number of allylic oxidation sites excluding steroid dienone is 1. The molecule has 0 atom stereocenters. The Balaban J connectivity index is 1.84. The second-order valence-electron chi connectivity index (χ2n) is 5.51. The van der Waals surface area contributed by atoms with Crippen molar-refractivity contribution in [3.05, 3.63) is 40.9 Å². The number of aliphatic hydroxyl groups is 1. The maximum atomic E-state index is 11.9. The van der Waals surface area contributed by atoms with Crippen LogP contribution in [0.1, 0.15) is 11.3 Å². The minimum atomic E-state index is -4.34. The first-order valence-electron chi connectivity index (χ1n) is 7.17. The lowest BCUT2D eigenvalue weighted by molar-refractivity contribution is -0.161. The zero-order valence-corrected chi connectivity index (χ0v) is 13.1. The molecule has 1 aromatic heterocycles. The SMILES string of the molecule is OCC1CN(Cc2cc(CC=COCC(F)(F)F)c(Cl)cn2)C1. The topological polar surface area (TPSA) is 45.6 Å². The molecular formula is C15H18ClF3N2O2. The standard InChI is InChI=1S/C15H18ClF3N2O2/c16-14-5-20-13(8-21-6-11(7-21)9-22)4-12(14)2-1-3-23-10-15(17,18)19/h1,3-5,11,22H,2,6-10H2. The normalized spacial score (nSPS) is 16.7. The van der Waals surface area contributed by atoms with Crippen molar-refractivity contribution in [3.63, 3.8) is 0 Å².